The number of rotatable bonds is 1. The van der Waals surface area contributed by atoms with Gasteiger partial charge in [0.15, 0.2) is 0 Å². The van der Waals surface area contributed by atoms with Crippen LogP contribution in [-0.4, -0.2) is 21.4 Å². The second-order valence-electron chi connectivity index (χ2n) is 4.86. The highest BCUT2D eigenvalue weighted by molar-refractivity contribution is 6.29. The van der Waals surface area contributed by atoms with Crippen LogP contribution in [0.4, 0.5) is 0 Å². The van der Waals surface area contributed by atoms with Crippen LogP contribution in [0.1, 0.15) is 5.69 Å². The van der Waals surface area contributed by atoms with Gasteiger partial charge in [-0.2, -0.15) is 5.10 Å². The Bertz CT molecular complexity index is 799. The monoisotopic (exact) mass is 297 g/mol. The highest BCUT2D eigenvalue weighted by Gasteiger charge is 2.17. The Hall–Kier alpha value is -2.33. The fourth-order valence-electron chi connectivity index (χ4n) is 2.59. The topological polar surface area (TPSA) is 39.9 Å². The summed E-state index contributed by atoms with van der Waals surface area (Å²) in [6.07, 6.45) is 4.42. The van der Waals surface area contributed by atoms with Crippen molar-refractivity contribution in [3.05, 3.63) is 59.6 Å². The molecule has 0 saturated heterocycles. The molecule has 21 heavy (non-hydrogen) atoms. The van der Waals surface area contributed by atoms with Crippen LogP contribution in [0.3, 0.4) is 0 Å². The maximum absolute atomic E-state index is 5.99. The molecule has 0 aliphatic carbocycles. The molecular weight excluding hydrogens is 286 g/mol. The average molecular weight is 298 g/mol. The molecule has 4 nitrogen and oxygen atoms in total. The predicted octanol–water partition coefficient (Wildman–Crippen LogP) is 3.52. The van der Waals surface area contributed by atoms with E-state index in [1.54, 1.807) is 6.20 Å². The van der Waals surface area contributed by atoms with Gasteiger partial charge in [0.1, 0.15) is 10.9 Å². The van der Waals surface area contributed by atoms with Crippen molar-refractivity contribution in [2.24, 2.45) is 0 Å². The van der Waals surface area contributed by atoms with E-state index in [2.05, 4.69) is 10.1 Å². The third kappa shape index (κ3) is 2.17. The van der Waals surface area contributed by atoms with E-state index in [9.17, 15) is 0 Å². The van der Waals surface area contributed by atoms with Crippen molar-refractivity contribution in [2.45, 2.75) is 6.42 Å². The van der Waals surface area contributed by atoms with E-state index >= 15 is 0 Å². The molecule has 4 rings (SSSR count). The normalized spacial score (nSPS) is 13.0. The van der Waals surface area contributed by atoms with Crippen molar-refractivity contribution in [3.8, 4) is 22.6 Å². The second kappa shape index (κ2) is 4.90. The summed E-state index contributed by atoms with van der Waals surface area (Å²) in [6.45, 7) is 0.593. The third-order valence-electron chi connectivity index (χ3n) is 3.56. The standard InChI is InChI=1S/C16H12ClN3O/c17-16-5-4-12-13-3-2-11(20-8-1-7-18-20)10-15(13)21-9-6-14(12)19-16/h1-5,7-8,10H,6,9H2. The highest BCUT2D eigenvalue weighted by Crippen LogP contribution is 2.36. The summed E-state index contributed by atoms with van der Waals surface area (Å²) in [5, 5.41) is 4.76. The van der Waals surface area contributed by atoms with Crippen molar-refractivity contribution in [1.29, 1.82) is 0 Å². The maximum atomic E-state index is 5.99. The predicted molar refractivity (Wildman–Crippen MR) is 81.0 cm³/mol. The Morgan fingerprint density at radius 1 is 1.14 bits per heavy atom. The molecular formula is C16H12ClN3O. The number of hydrogen-bond donors (Lipinski definition) is 0. The summed E-state index contributed by atoms with van der Waals surface area (Å²) in [5.41, 5.74) is 4.08. The minimum atomic E-state index is 0.519. The third-order valence-corrected chi connectivity index (χ3v) is 3.77. The average Bonchev–Trinajstić information content (AvgIpc) is 2.96. The number of nitrogens with zero attached hydrogens (tertiary/aromatic N) is 3. The molecule has 0 bridgehead atoms. The number of aromatic nitrogens is 3. The Kier molecular flexibility index (Phi) is 2.89. The van der Waals surface area contributed by atoms with Gasteiger partial charge in [-0.25, -0.2) is 9.67 Å². The molecule has 0 atom stereocenters. The maximum Gasteiger partial charge on any atom is 0.129 e. The van der Waals surface area contributed by atoms with Crippen LogP contribution in [-0.2, 0) is 6.42 Å². The first-order valence-electron chi connectivity index (χ1n) is 6.74. The molecule has 3 aromatic rings. The lowest BCUT2D eigenvalue weighted by atomic mass is 10.0. The van der Waals surface area contributed by atoms with E-state index in [0.717, 1.165) is 34.7 Å². The van der Waals surface area contributed by atoms with Gasteiger partial charge in [-0.1, -0.05) is 11.6 Å². The first kappa shape index (κ1) is 12.4. The number of ether oxygens (including phenoxy) is 1. The molecule has 2 aromatic heterocycles. The molecule has 5 heteroatoms. The summed E-state index contributed by atoms with van der Waals surface area (Å²) in [7, 11) is 0. The lowest BCUT2D eigenvalue weighted by molar-refractivity contribution is 0.325. The van der Waals surface area contributed by atoms with Gasteiger partial charge in [-0.3, -0.25) is 0 Å². The van der Waals surface area contributed by atoms with Gasteiger partial charge in [0.05, 0.1) is 18.0 Å². The van der Waals surface area contributed by atoms with Crippen LogP contribution >= 0.6 is 11.6 Å². The molecule has 0 spiro atoms. The molecule has 1 aliphatic heterocycles. The summed E-state index contributed by atoms with van der Waals surface area (Å²) >= 11 is 5.99. The minimum absolute atomic E-state index is 0.519. The zero-order chi connectivity index (χ0) is 14.2. The zero-order valence-corrected chi connectivity index (χ0v) is 11.9. The Morgan fingerprint density at radius 2 is 2.05 bits per heavy atom. The van der Waals surface area contributed by atoms with Crippen LogP contribution < -0.4 is 4.74 Å². The van der Waals surface area contributed by atoms with E-state index < -0.39 is 0 Å². The SMILES string of the molecule is Clc1ccc2c(n1)CCOc1cc(-n3cccn3)ccc1-2. The quantitative estimate of drug-likeness (QED) is 0.645. The molecule has 3 heterocycles. The number of hydrogen-bond acceptors (Lipinski definition) is 3. The molecule has 0 N–H and O–H groups in total. The van der Waals surface area contributed by atoms with Crippen molar-refractivity contribution >= 4 is 11.6 Å². The zero-order valence-electron chi connectivity index (χ0n) is 11.2. The van der Waals surface area contributed by atoms with E-state index in [4.69, 9.17) is 16.3 Å². The second-order valence-corrected chi connectivity index (χ2v) is 5.25. The summed E-state index contributed by atoms with van der Waals surface area (Å²) in [6, 6.07) is 11.8. The van der Waals surface area contributed by atoms with Gasteiger partial charge in [-0.15, -0.1) is 0 Å². The fourth-order valence-corrected chi connectivity index (χ4v) is 2.75. The Balaban J connectivity index is 1.87. The van der Waals surface area contributed by atoms with Crippen molar-refractivity contribution in [2.75, 3.05) is 6.61 Å². The Labute approximate surface area is 127 Å². The Morgan fingerprint density at radius 3 is 2.90 bits per heavy atom. The number of fused-ring (bicyclic) bond motifs is 3. The smallest absolute Gasteiger partial charge is 0.129 e. The van der Waals surface area contributed by atoms with E-state index in [-0.39, 0.29) is 0 Å². The van der Waals surface area contributed by atoms with Crippen molar-refractivity contribution < 1.29 is 4.74 Å². The van der Waals surface area contributed by atoms with Gasteiger partial charge in [-0.05, 0) is 30.3 Å². The first-order chi connectivity index (χ1) is 10.3. The molecule has 0 unspecified atom stereocenters. The molecule has 0 radical (unpaired) electrons. The van der Waals surface area contributed by atoms with Gasteiger partial charge in [0.2, 0.25) is 0 Å². The summed E-state index contributed by atoms with van der Waals surface area (Å²) in [5.74, 6) is 0.853. The lowest BCUT2D eigenvalue weighted by Crippen LogP contribution is -2.01. The van der Waals surface area contributed by atoms with Crippen molar-refractivity contribution in [1.82, 2.24) is 14.8 Å². The molecule has 104 valence electrons. The van der Waals surface area contributed by atoms with Gasteiger partial charge < -0.3 is 4.74 Å². The van der Waals surface area contributed by atoms with Crippen LogP contribution in [0.2, 0.25) is 5.15 Å². The molecule has 0 amide bonds. The summed E-state index contributed by atoms with van der Waals surface area (Å²) in [4.78, 5) is 4.41. The first-order valence-corrected chi connectivity index (χ1v) is 7.12. The van der Waals surface area contributed by atoms with Gasteiger partial charge in [0.25, 0.3) is 0 Å². The largest absolute Gasteiger partial charge is 0.492 e. The van der Waals surface area contributed by atoms with Crippen LogP contribution in [0, 0.1) is 0 Å². The van der Waals surface area contributed by atoms with Crippen molar-refractivity contribution in [3.63, 3.8) is 0 Å². The molecule has 0 fully saturated rings. The molecule has 0 saturated carbocycles. The summed E-state index contributed by atoms with van der Waals surface area (Å²) < 4.78 is 7.70. The number of benzene rings is 1. The number of pyridine rings is 1. The lowest BCUT2D eigenvalue weighted by Gasteiger charge is -2.10. The van der Waals surface area contributed by atoms with Crippen LogP contribution in [0.5, 0.6) is 5.75 Å². The van der Waals surface area contributed by atoms with E-state index in [0.29, 0.717) is 11.8 Å². The van der Waals surface area contributed by atoms with Crippen LogP contribution in [0.25, 0.3) is 16.8 Å². The minimum Gasteiger partial charge on any atom is -0.492 e. The van der Waals surface area contributed by atoms with E-state index in [1.807, 2.05) is 47.3 Å². The van der Waals surface area contributed by atoms with Crippen LogP contribution in [0.15, 0.2) is 48.8 Å². The highest BCUT2D eigenvalue weighted by atomic mass is 35.5. The fraction of sp³-hybridized carbons (Fsp3) is 0.125. The molecule has 1 aromatic carbocycles. The number of halogens is 1. The van der Waals surface area contributed by atoms with Gasteiger partial charge >= 0.3 is 0 Å². The molecule has 1 aliphatic rings. The van der Waals surface area contributed by atoms with E-state index in [1.165, 1.54) is 0 Å². The van der Waals surface area contributed by atoms with Gasteiger partial charge in [0, 0.05) is 36.0 Å².